The molecule has 0 saturated carbocycles. The smallest absolute Gasteiger partial charge is 0.462 e. The van der Waals surface area contributed by atoms with Crippen LogP contribution < -0.4 is 0 Å². The van der Waals surface area contributed by atoms with Gasteiger partial charge in [-0.2, -0.15) is 0 Å². The average Bonchev–Trinajstić information content (AvgIpc) is 1.66. The Labute approximate surface area is 562 Å². The van der Waals surface area contributed by atoms with Gasteiger partial charge in [0.05, 0.1) is 26.4 Å². The molecule has 0 bridgehead atoms. The van der Waals surface area contributed by atoms with Crippen LogP contribution in [0.25, 0.3) is 0 Å². The van der Waals surface area contributed by atoms with E-state index in [9.17, 15) is 43.2 Å². The van der Waals surface area contributed by atoms with Crippen molar-refractivity contribution >= 4 is 39.5 Å². The number of hydrogen-bond acceptors (Lipinski definition) is 15. The zero-order valence-corrected chi connectivity index (χ0v) is 61.6. The summed E-state index contributed by atoms with van der Waals surface area (Å²) in [7, 11) is -9.90. The Morgan fingerprint density at radius 2 is 0.500 bits per heavy atom. The fraction of sp³-hybridized carbons (Fsp3) is 0.945. The normalized spacial score (nSPS) is 14.1. The van der Waals surface area contributed by atoms with Gasteiger partial charge in [0.15, 0.2) is 12.2 Å². The molecule has 546 valence electrons. The zero-order chi connectivity index (χ0) is 67.9. The molecule has 0 aromatic rings. The van der Waals surface area contributed by atoms with Crippen molar-refractivity contribution in [2.24, 2.45) is 11.8 Å². The lowest BCUT2D eigenvalue weighted by atomic mass is 10.0. The van der Waals surface area contributed by atoms with Crippen LogP contribution in [0.15, 0.2) is 0 Å². The van der Waals surface area contributed by atoms with Crippen LogP contribution in [0.2, 0.25) is 0 Å². The van der Waals surface area contributed by atoms with E-state index < -0.39 is 97.5 Å². The SMILES string of the molecule is CCCCCCCCCCCCCCCCCCC(=O)OC[C@H](COP(=O)(O)OC[C@@H](O)COP(=O)(O)OC[C@@H](COC(=O)CCCCCCCCCCC)OC(=O)CCCCCCCCCC(C)C)OC(=O)CCCCCCCCCCCCCCCCC(C)C. The number of aliphatic hydroxyl groups excluding tert-OH is 1. The number of phosphoric ester groups is 2. The van der Waals surface area contributed by atoms with Gasteiger partial charge in [-0.05, 0) is 37.5 Å². The van der Waals surface area contributed by atoms with Gasteiger partial charge < -0.3 is 33.8 Å². The highest BCUT2D eigenvalue weighted by atomic mass is 31.2. The molecule has 0 fully saturated rings. The molecule has 0 rings (SSSR count). The third kappa shape index (κ3) is 66.7. The number of carbonyl (C=O) groups excluding carboxylic acids is 4. The standard InChI is InChI=1S/C73H142O17P2/c1-7-9-11-13-15-17-18-19-20-21-25-28-32-38-44-50-56-71(76)84-61-68(89-72(77)57-51-45-39-33-29-26-23-22-24-27-31-35-41-47-53-65(3)4)63-87-91(79,80)85-59-67(74)60-86-92(81,82)88-64-69(62-83-70(75)55-49-43-37-30-16-14-12-10-8-2)90-73(78)58-52-46-40-34-36-42-48-54-66(5)6/h65-69,74H,7-64H2,1-6H3,(H,79,80)(H,81,82)/t67-,68-,69-/m1/s1. The molecule has 3 N–H and O–H groups in total. The van der Waals surface area contributed by atoms with Crippen molar-refractivity contribution in [1.29, 1.82) is 0 Å². The van der Waals surface area contributed by atoms with Crippen molar-refractivity contribution in [2.45, 2.75) is 394 Å². The van der Waals surface area contributed by atoms with Gasteiger partial charge in [0.2, 0.25) is 0 Å². The molecule has 0 amide bonds. The molecule has 0 radical (unpaired) electrons. The van der Waals surface area contributed by atoms with Crippen molar-refractivity contribution in [1.82, 2.24) is 0 Å². The lowest BCUT2D eigenvalue weighted by Gasteiger charge is -2.21. The number of rotatable bonds is 72. The molecule has 0 saturated heterocycles. The van der Waals surface area contributed by atoms with Gasteiger partial charge in [-0.3, -0.25) is 37.3 Å². The molecule has 0 aliphatic carbocycles. The molecule has 19 heteroatoms. The van der Waals surface area contributed by atoms with Crippen molar-refractivity contribution in [3.05, 3.63) is 0 Å². The van der Waals surface area contributed by atoms with Crippen LogP contribution in [-0.2, 0) is 65.4 Å². The Bertz CT molecular complexity index is 1790. The summed E-state index contributed by atoms with van der Waals surface area (Å²) in [4.78, 5) is 72.6. The van der Waals surface area contributed by atoms with E-state index in [1.165, 1.54) is 193 Å². The fourth-order valence-corrected chi connectivity index (χ4v) is 12.7. The summed E-state index contributed by atoms with van der Waals surface area (Å²) in [5.41, 5.74) is 0. The van der Waals surface area contributed by atoms with E-state index in [0.717, 1.165) is 95.8 Å². The molecule has 0 aromatic carbocycles. The van der Waals surface area contributed by atoms with Gasteiger partial charge in [0, 0.05) is 25.7 Å². The van der Waals surface area contributed by atoms with E-state index in [0.29, 0.717) is 31.6 Å². The number of phosphoric acid groups is 2. The topological polar surface area (TPSA) is 237 Å². The van der Waals surface area contributed by atoms with E-state index in [1.54, 1.807) is 0 Å². The van der Waals surface area contributed by atoms with Crippen LogP contribution in [0.4, 0.5) is 0 Å². The minimum Gasteiger partial charge on any atom is -0.462 e. The first-order valence-corrected chi connectivity index (χ1v) is 41.0. The molecule has 0 aliphatic heterocycles. The van der Waals surface area contributed by atoms with Crippen LogP contribution >= 0.6 is 15.6 Å². The molecule has 92 heavy (non-hydrogen) atoms. The third-order valence-corrected chi connectivity index (χ3v) is 18.9. The molecular weight excluding hydrogens is 1210 g/mol. The Hall–Kier alpha value is -1.94. The van der Waals surface area contributed by atoms with E-state index in [4.69, 9.17) is 37.0 Å². The van der Waals surface area contributed by atoms with Gasteiger partial charge in [-0.15, -0.1) is 0 Å². The lowest BCUT2D eigenvalue weighted by Crippen LogP contribution is -2.30. The lowest BCUT2D eigenvalue weighted by molar-refractivity contribution is -0.161. The van der Waals surface area contributed by atoms with E-state index >= 15 is 0 Å². The number of aliphatic hydroxyl groups is 1. The number of carbonyl (C=O) groups is 4. The number of hydrogen-bond donors (Lipinski definition) is 3. The highest BCUT2D eigenvalue weighted by Gasteiger charge is 2.30. The molecule has 2 unspecified atom stereocenters. The van der Waals surface area contributed by atoms with Crippen molar-refractivity contribution in [2.75, 3.05) is 39.6 Å². The van der Waals surface area contributed by atoms with E-state index in [-0.39, 0.29) is 25.7 Å². The predicted octanol–water partition coefficient (Wildman–Crippen LogP) is 21.2. The monoisotopic (exact) mass is 1350 g/mol. The Kier molecular flexibility index (Phi) is 63.7. The minimum absolute atomic E-state index is 0.104. The van der Waals surface area contributed by atoms with Crippen LogP contribution in [0.1, 0.15) is 375 Å². The van der Waals surface area contributed by atoms with E-state index in [2.05, 4.69) is 41.5 Å². The minimum atomic E-state index is -4.95. The van der Waals surface area contributed by atoms with Crippen LogP contribution in [0.5, 0.6) is 0 Å². The van der Waals surface area contributed by atoms with Crippen LogP contribution in [-0.4, -0.2) is 96.7 Å². The van der Waals surface area contributed by atoms with Crippen molar-refractivity contribution in [3.63, 3.8) is 0 Å². The highest BCUT2D eigenvalue weighted by Crippen LogP contribution is 2.45. The highest BCUT2D eigenvalue weighted by molar-refractivity contribution is 7.47. The summed E-state index contributed by atoms with van der Waals surface area (Å²) in [5.74, 6) is -0.631. The van der Waals surface area contributed by atoms with Gasteiger partial charge in [-0.25, -0.2) is 9.13 Å². The van der Waals surface area contributed by atoms with Crippen LogP contribution in [0.3, 0.4) is 0 Å². The second kappa shape index (κ2) is 65.0. The van der Waals surface area contributed by atoms with E-state index in [1.807, 2.05) is 0 Å². The maximum absolute atomic E-state index is 13.1. The second-order valence-corrected chi connectivity index (χ2v) is 30.2. The summed E-state index contributed by atoms with van der Waals surface area (Å²) >= 11 is 0. The largest absolute Gasteiger partial charge is 0.472 e. The average molecular weight is 1350 g/mol. The van der Waals surface area contributed by atoms with Gasteiger partial charge in [0.1, 0.15) is 19.3 Å². The summed E-state index contributed by atoms with van der Waals surface area (Å²) < 4.78 is 68.3. The third-order valence-electron chi connectivity index (χ3n) is 17.0. The zero-order valence-electron chi connectivity index (χ0n) is 59.9. The molecule has 5 atom stereocenters. The Morgan fingerprint density at radius 1 is 0.293 bits per heavy atom. The maximum Gasteiger partial charge on any atom is 0.472 e. The Balaban J connectivity index is 5.22. The molecule has 0 spiro atoms. The molecule has 17 nitrogen and oxygen atoms in total. The summed E-state index contributed by atoms with van der Waals surface area (Å²) in [6, 6.07) is 0. The number of unbranched alkanes of at least 4 members (excludes halogenated alkanes) is 42. The Morgan fingerprint density at radius 3 is 0.739 bits per heavy atom. The van der Waals surface area contributed by atoms with Crippen molar-refractivity contribution in [3.8, 4) is 0 Å². The van der Waals surface area contributed by atoms with Gasteiger partial charge in [0.25, 0.3) is 0 Å². The summed E-state index contributed by atoms with van der Waals surface area (Å²) in [6.45, 7) is 9.52. The predicted molar refractivity (Wildman–Crippen MR) is 372 cm³/mol. The summed E-state index contributed by atoms with van der Waals surface area (Å²) in [6.07, 6.45) is 51.4. The summed E-state index contributed by atoms with van der Waals surface area (Å²) in [5, 5.41) is 10.6. The van der Waals surface area contributed by atoms with Gasteiger partial charge in [-0.1, -0.05) is 324 Å². The number of esters is 4. The molecule has 0 heterocycles. The first-order chi connectivity index (χ1) is 44.4. The van der Waals surface area contributed by atoms with Crippen LogP contribution in [0, 0.1) is 11.8 Å². The quantitative estimate of drug-likeness (QED) is 0.0222. The fourth-order valence-electron chi connectivity index (χ4n) is 11.1. The van der Waals surface area contributed by atoms with Gasteiger partial charge >= 0.3 is 39.5 Å². The maximum atomic E-state index is 13.1. The first kappa shape index (κ1) is 90.1. The molecule has 0 aromatic heterocycles. The number of ether oxygens (including phenoxy) is 4. The second-order valence-electron chi connectivity index (χ2n) is 27.3. The first-order valence-electron chi connectivity index (χ1n) is 38.0. The molecule has 0 aliphatic rings. The van der Waals surface area contributed by atoms with Crippen molar-refractivity contribution < 1.29 is 80.2 Å². The molecular formula is C73H142O17P2.